The molecule has 5 heteroatoms. The summed E-state index contributed by atoms with van der Waals surface area (Å²) in [6.07, 6.45) is 5.78. The third kappa shape index (κ3) is 4.82. The molecule has 1 saturated carbocycles. The van der Waals surface area contributed by atoms with Gasteiger partial charge in [-0.05, 0) is 18.3 Å². The van der Waals surface area contributed by atoms with E-state index in [0.29, 0.717) is 12.3 Å². The molecule has 5 nitrogen and oxygen atoms in total. The molecule has 1 unspecified atom stereocenters. The molecule has 1 aliphatic rings. The molecule has 110 valence electrons. The summed E-state index contributed by atoms with van der Waals surface area (Å²) in [6, 6.07) is -1.43. The number of nitrogens with two attached hydrogens (primary N) is 1. The van der Waals surface area contributed by atoms with Crippen LogP contribution in [0.5, 0.6) is 0 Å². The Kier molecular flexibility index (Phi) is 6.28. The van der Waals surface area contributed by atoms with Crippen molar-refractivity contribution in [3.05, 3.63) is 0 Å². The molecule has 3 atom stereocenters. The molecule has 1 fully saturated rings. The fourth-order valence-corrected chi connectivity index (χ4v) is 2.58. The lowest BCUT2D eigenvalue weighted by molar-refractivity contribution is -0.142. The summed E-state index contributed by atoms with van der Waals surface area (Å²) < 4.78 is 0. The predicted octanol–water partition coefficient (Wildman–Crippen LogP) is 1.51. The molecule has 0 aliphatic heterocycles. The van der Waals surface area contributed by atoms with Gasteiger partial charge < -0.3 is 16.2 Å². The fraction of sp³-hybridized carbons (Fsp3) is 0.857. The van der Waals surface area contributed by atoms with E-state index in [2.05, 4.69) is 5.32 Å². The maximum atomic E-state index is 11.9. The van der Waals surface area contributed by atoms with Crippen molar-refractivity contribution in [3.8, 4) is 0 Å². The van der Waals surface area contributed by atoms with Gasteiger partial charge in [-0.3, -0.25) is 4.79 Å². The molecular formula is C14H26N2O3. The summed E-state index contributed by atoms with van der Waals surface area (Å²) in [5.74, 6) is -0.835. The molecule has 4 N–H and O–H groups in total. The third-order valence-corrected chi connectivity index (χ3v) is 4.22. The Labute approximate surface area is 114 Å². The number of amides is 1. The van der Waals surface area contributed by atoms with Gasteiger partial charge >= 0.3 is 5.97 Å². The zero-order valence-corrected chi connectivity index (χ0v) is 11.9. The smallest absolute Gasteiger partial charge is 0.326 e. The third-order valence-electron chi connectivity index (χ3n) is 4.22. The quantitative estimate of drug-likeness (QED) is 0.654. The minimum Gasteiger partial charge on any atom is -0.480 e. The van der Waals surface area contributed by atoms with Crippen LogP contribution in [0.3, 0.4) is 0 Å². The van der Waals surface area contributed by atoms with Gasteiger partial charge in [0.2, 0.25) is 5.91 Å². The number of hydrogen-bond acceptors (Lipinski definition) is 3. The summed E-state index contributed by atoms with van der Waals surface area (Å²) in [6.45, 7) is 3.86. The number of carbonyl (C=O) groups excluding carboxylic acids is 1. The Bertz CT molecular complexity index is 314. The van der Waals surface area contributed by atoms with Crippen LogP contribution in [0.2, 0.25) is 0 Å². The van der Waals surface area contributed by atoms with Crippen LogP contribution in [-0.4, -0.2) is 29.1 Å². The van der Waals surface area contributed by atoms with Gasteiger partial charge in [0.1, 0.15) is 6.04 Å². The Balaban J connectivity index is 2.52. The number of nitrogens with one attached hydrogen (secondary N) is 1. The summed E-state index contributed by atoms with van der Waals surface area (Å²) in [5.41, 5.74) is 5.82. The van der Waals surface area contributed by atoms with Crippen LogP contribution >= 0.6 is 0 Å². The summed E-state index contributed by atoms with van der Waals surface area (Å²) >= 11 is 0. The number of hydrogen-bond donors (Lipinski definition) is 3. The normalized spacial score (nSPS) is 20.8. The second-order valence-electron chi connectivity index (χ2n) is 5.70. The molecular weight excluding hydrogens is 244 g/mol. The molecule has 0 radical (unpaired) electrons. The van der Waals surface area contributed by atoms with Crippen molar-refractivity contribution in [1.29, 1.82) is 0 Å². The number of carbonyl (C=O) groups is 2. The van der Waals surface area contributed by atoms with Crippen molar-refractivity contribution in [2.24, 2.45) is 17.6 Å². The fourth-order valence-electron chi connectivity index (χ4n) is 2.58. The molecule has 1 aliphatic carbocycles. The first-order valence-corrected chi connectivity index (χ1v) is 7.24. The van der Waals surface area contributed by atoms with Gasteiger partial charge in [0.15, 0.2) is 0 Å². The van der Waals surface area contributed by atoms with E-state index in [9.17, 15) is 14.7 Å². The average molecular weight is 270 g/mol. The highest BCUT2D eigenvalue weighted by Gasteiger charge is 2.28. The molecule has 0 aromatic rings. The van der Waals surface area contributed by atoms with Gasteiger partial charge in [0.25, 0.3) is 0 Å². The first kappa shape index (κ1) is 16.0. The molecule has 19 heavy (non-hydrogen) atoms. The lowest BCUT2D eigenvalue weighted by Gasteiger charge is -2.22. The molecule has 0 heterocycles. The zero-order valence-electron chi connectivity index (χ0n) is 11.9. The van der Waals surface area contributed by atoms with Crippen molar-refractivity contribution in [2.45, 2.75) is 64.5 Å². The second-order valence-corrected chi connectivity index (χ2v) is 5.70. The van der Waals surface area contributed by atoms with E-state index in [1.165, 1.54) is 0 Å². The summed E-state index contributed by atoms with van der Waals surface area (Å²) in [7, 11) is 0. The van der Waals surface area contributed by atoms with Crippen LogP contribution in [0.1, 0.15) is 52.4 Å². The van der Waals surface area contributed by atoms with E-state index < -0.39 is 18.1 Å². The highest BCUT2D eigenvalue weighted by Crippen LogP contribution is 2.28. The van der Waals surface area contributed by atoms with E-state index in [-0.39, 0.29) is 11.8 Å². The molecule has 1 rings (SSSR count). The lowest BCUT2D eigenvalue weighted by atomic mass is 9.96. The predicted molar refractivity (Wildman–Crippen MR) is 73.6 cm³/mol. The van der Waals surface area contributed by atoms with Crippen molar-refractivity contribution in [3.63, 3.8) is 0 Å². The van der Waals surface area contributed by atoms with Gasteiger partial charge in [-0.15, -0.1) is 0 Å². The van der Waals surface area contributed by atoms with E-state index >= 15 is 0 Å². The first-order chi connectivity index (χ1) is 8.95. The van der Waals surface area contributed by atoms with Crippen molar-refractivity contribution in [2.75, 3.05) is 0 Å². The van der Waals surface area contributed by atoms with Gasteiger partial charge in [-0.2, -0.15) is 0 Å². The topological polar surface area (TPSA) is 92.4 Å². The van der Waals surface area contributed by atoms with Gasteiger partial charge in [0, 0.05) is 0 Å². The zero-order chi connectivity index (χ0) is 14.4. The van der Waals surface area contributed by atoms with Crippen LogP contribution < -0.4 is 11.1 Å². The van der Waals surface area contributed by atoms with Crippen LogP contribution in [0, 0.1) is 11.8 Å². The SMILES string of the molecule is CCC(C)[C@H](N)C(=O)N[C@@H](CC1CCCC1)C(=O)O. The summed E-state index contributed by atoms with van der Waals surface area (Å²) in [5, 5.41) is 11.8. The van der Waals surface area contributed by atoms with Crippen LogP contribution in [0.25, 0.3) is 0 Å². The Morgan fingerprint density at radius 2 is 1.95 bits per heavy atom. The molecule has 0 spiro atoms. The van der Waals surface area contributed by atoms with Crippen molar-refractivity contribution < 1.29 is 14.7 Å². The van der Waals surface area contributed by atoms with E-state index in [1.54, 1.807) is 0 Å². The number of aliphatic carboxylic acids is 1. The van der Waals surface area contributed by atoms with Crippen molar-refractivity contribution in [1.82, 2.24) is 5.32 Å². The van der Waals surface area contributed by atoms with Crippen LogP contribution in [0.15, 0.2) is 0 Å². The highest BCUT2D eigenvalue weighted by atomic mass is 16.4. The van der Waals surface area contributed by atoms with E-state index in [4.69, 9.17) is 5.73 Å². The van der Waals surface area contributed by atoms with Gasteiger partial charge in [-0.1, -0.05) is 46.0 Å². The van der Waals surface area contributed by atoms with Crippen LogP contribution in [0.4, 0.5) is 0 Å². The number of carboxylic acids is 1. The molecule has 0 aromatic carbocycles. The maximum absolute atomic E-state index is 11.9. The minimum atomic E-state index is -0.961. The summed E-state index contributed by atoms with van der Waals surface area (Å²) in [4.78, 5) is 23.2. The Morgan fingerprint density at radius 1 is 1.37 bits per heavy atom. The maximum Gasteiger partial charge on any atom is 0.326 e. The average Bonchev–Trinajstić information content (AvgIpc) is 2.88. The largest absolute Gasteiger partial charge is 0.480 e. The molecule has 0 saturated heterocycles. The Hall–Kier alpha value is -1.10. The monoisotopic (exact) mass is 270 g/mol. The minimum absolute atomic E-state index is 0.0564. The van der Waals surface area contributed by atoms with Crippen molar-refractivity contribution >= 4 is 11.9 Å². The molecule has 0 bridgehead atoms. The van der Waals surface area contributed by atoms with Gasteiger partial charge in [-0.25, -0.2) is 4.79 Å². The van der Waals surface area contributed by atoms with E-state index in [1.807, 2.05) is 13.8 Å². The van der Waals surface area contributed by atoms with Gasteiger partial charge in [0.05, 0.1) is 6.04 Å². The molecule has 0 aromatic heterocycles. The molecule has 1 amide bonds. The van der Waals surface area contributed by atoms with E-state index in [0.717, 1.165) is 32.1 Å². The highest BCUT2D eigenvalue weighted by molar-refractivity contribution is 5.86. The number of carboxylic acid groups (broad SMARTS) is 1. The lowest BCUT2D eigenvalue weighted by Crippen LogP contribution is -2.51. The first-order valence-electron chi connectivity index (χ1n) is 7.24. The second kappa shape index (κ2) is 7.48. The standard InChI is InChI=1S/C14H26N2O3/c1-3-9(2)12(15)13(17)16-11(14(18)19)8-10-6-4-5-7-10/h9-12H,3-8,15H2,1-2H3,(H,16,17)(H,18,19)/t9?,11-,12-/m0/s1. The van der Waals surface area contributed by atoms with Crippen LogP contribution in [-0.2, 0) is 9.59 Å². The Morgan fingerprint density at radius 3 is 2.42 bits per heavy atom. The number of rotatable bonds is 7.